The molecule has 3 aromatic rings. The molecule has 1 amide bonds. The molecular weight excluding hydrogens is 432 g/mol. The lowest BCUT2D eigenvalue weighted by molar-refractivity contribution is 0.0155. The zero-order chi connectivity index (χ0) is 23.5. The number of nitrogens with zero attached hydrogens (tertiary/aromatic N) is 6. The molecule has 1 fully saturated rings. The highest BCUT2D eigenvalue weighted by Gasteiger charge is 2.21. The highest BCUT2D eigenvalue weighted by atomic mass is 16.2. The van der Waals surface area contributed by atoms with Crippen molar-refractivity contribution < 1.29 is 9.59 Å². The van der Waals surface area contributed by atoms with Crippen LogP contribution in [0.1, 0.15) is 40.0 Å². The number of aromatic nitrogens is 3. The van der Waals surface area contributed by atoms with E-state index in [1.54, 1.807) is 23.0 Å². The Balaban J connectivity index is 1.38. The number of benzene rings is 1. The summed E-state index contributed by atoms with van der Waals surface area (Å²) >= 11 is 0. The predicted octanol–water partition coefficient (Wildman–Crippen LogP) is 2.53. The maximum absolute atomic E-state index is 13.0. The van der Waals surface area contributed by atoms with Gasteiger partial charge in [-0.25, -0.2) is 15.1 Å². The van der Waals surface area contributed by atoms with E-state index in [-0.39, 0.29) is 17.2 Å². The van der Waals surface area contributed by atoms with Gasteiger partial charge in [-0.05, 0) is 30.7 Å². The van der Waals surface area contributed by atoms with E-state index in [4.69, 9.17) is 0 Å². The summed E-state index contributed by atoms with van der Waals surface area (Å²) in [6.45, 7) is 3.94. The molecule has 1 aromatic carbocycles. The average molecular weight is 457 g/mol. The molecule has 10 nitrogen and oxygen atoms in total. The van der Waals surface area contributed by atoms with Gasteiger partial charge in [-0.2, -0.15) is 10.2 Å². The molecule has 0 radical (unpaired) electrons. The Labute approximate surface area is 196 Å². The molecule has 2 aliphatic rings. The van der Waals surface area contributed by atoms with Gasteiger partial charge in [0.2, 0.25) is 0 Å². The van der Waals surface area contributed by atoms with E-state index in [2.05, 4.69) is 30.9 Å². The van der Waals surface area contributed by atoms with Crippen molar-refractivity contribution in [3.8, 4) is 5.69 Å². The molecular formula is C24H24N8O2. The van der Waals surface area contributed by atoms with Gasteiger partial charge in [0.25, 0.3) is 5.91 Å². The normalized spacial score (nSPS) is 15.9. The van der Waals surface area contributed by atoms with Gasteiger partial charge in [-0.1, -0.05) is 24.3 Å². The third kappa shape index (κ3) is 4.49. The lowest BCUT2D eigenvalue weighted by Gasteiger charge is -2.31. The predicted molar refractivity (Wildman–Crippen MR) is 128 cm³/mol. The molecule has 2 N–H and O–H groups in total. The fourth-order valence-corrected chi connectivity index (χ4v) is 3.81. The van der Waals surface area contributed by atoms with Crippen molar-refractivity contribution in [3.63, 3.8) is 0 Å². The third-order valence-corrected chi connectivity index (χ3v) is 5.48. The van der Waals surface area contributed by atoms with Crippen LogP contribution in [0.5, 0.6) is 0 Å². The molecule has 4 heterocycles. The number of pyridine rings is 1. The lowest BCUT2D eigenvalue weighted by atomic mass is 10.2. The van der Waals surface area contributed by atoms with Gasteiger partial charge in [0.05, 0.1) is 29.8 Å². The number of rotatable bonds is 6. The minimum absolute atomic E-state index is 0.182. The topological polar surface area (TPSA) is 108 Å². The second-order valence-corrected chi connectivity index (χ2v) is 7.92. The summed E-state index contributed by atoms with van der Waals surface area (Å²) in [6, 6.07) is 14.6. The second kappa shape index (κ2) is 9.38. The first-order valence-electron chi connectivity index (χ1n) is 11.1. The van der Waals surface area contributed by atoms with Gasteiger partial charge < -0.3 is 5.32 Å². The molecule has 0 unspecified atom stereocenters. The van der Waals surface area contributed by atoms with Crippen LogP contribution in [0.2, 0.25) is 0 Å². The Bertz CT molecular complexity index is 1280. The Kier molecular flexibility index (Phi) is 5.98. The molecule has 0 atom stereocenters. The summed E-state index contributed by atoms with van der Waals surface area (Å²) in [6.07, 6.45) is 6.44. The molecule has 0 spiro atoms. The summed E-state index contributed by atoms with van der Waals surface area (Å²) in [5.74, 6) is -0.681. The van der Waals surface area contributed by atoms with Crippen LogP contribution in [0.25, 0.3) is 11.4 Å². The molecule has 10 heteroatoms. The minimum Gasteiger partial charge on any atom is -0.317 e. The number of para-hydroxylation sites is 1. The number of amides is 1. The van der Waals surface area contributed by atoms with Gasteiger partial charge in [-0.15, -0.1) is 0 Å². The minimum atomic E-state index is -0.435. The highest BCUT2D eigenvalue weighted by Crippen LogP contribution is 2.21. The van der Waals surface area contributed by atoms with Crippen molar-refractivity contribution in [3.05, 3.63) is 78.0 Å². The summed E-state index contributed by atoms with van der Waals surface area (Å²) in [5, 5.41) is 11.2. The SMILES string of the molecule is CC(=O)c1nn(-c2ccccc2)cc1NC(=O)c1cccc(C2=CN(N3CCCN3)CC=N2)n1. The third-order valence-electron chi connectivity index (χ3n) is 5.48. The molecule has 0 aliphatic carbocycles. The highest BCUT2D eigenvalue weighted by molar-refractivity contribution is 6.07. The zero-order valence-electron chi connectivity index (χ0n) is 18.7. The van der Waals surface area contributed by atoms with Crippen molar-refractivity contribution in [2.24, 2.45) is 4.99 Å². The van der Waals surface area contributed by atoms with E-state index in [0.29, 0.717) is 23.6 Å². The van der Waals surface area contributed by atoms with Crippen LogP contribution in [0.3, 0.4) is 0 Å². The van der Waals surface area contributed by atoms with E-state index in [9.17, 15) is 9.59 Å². The maximum Gasteiger partial charge on any atom is 0.274 e. The molecule has 0 bridgehead atoms. The number of carbonyl (C=O) groups excluding carboxylic acids is 2. The van der Waals surface area contributed by atoms with Gasteiger partial charge in [0, 0.05) is 32.4 Å². The second-order valence-electron chi connectivity index (χ2n) is 7.92. The van der Waals surface area contributed by atoms with E-state index < -0.39 is 5.91 Å². The summed E-state index contributed by atoms with van der Waals surface area (Å²) < 4.78 is 1.57. The molecule has 2 aromatic heterocycles. The number of nitrogens with one attached hydrogen (secondary N) is 2. The first-order chi connectivity index (χ1) is 16.6. The summed E-state index contributed by atoms with van der Waals surface area (Å²) in [4.78, 5) is 34.2. The van der Waals surface area contributed by atoms with Crippen molar-refractivity contribution in [2.75, 3.05) is 25.0 Å². The van der Waals surface area contributed by atoms with Crippen LogP contribution in [0, 0.1) is 0 Å². The first kappa shape index (κ1) is 21.7. The van der Waals surface area contributed by atoms with E-state index in [1.807, 2.05) is 53.8 Å². The van der Waals surface area contributed by atoms with Gasteiger partial charge >= 0.3 is 0 Å². The molecule has 2 aliphatic heterocycles. The van der Waals surface area contributed by atoms with Gasteiger partial charge in [0.1, 0.15) is 11.4 Å². The number of carbonyl (C=O) groups is 2. The summed E-state index contributed by atoms with van der Waals surface area (Å²) in [7, 11) is 0. The Morgan fingerprint density at radius 3 is 2.71 bits per heavy atom. The van der Waals surface area contributed by atoms with E-state index in [0.717, 1.165) is 25.2 Å². The van der Waals surface area contributed by atoms with Crippen LogP contribution < -0.4 is 10.7 Å². The maximum atomic E-state index is 13.0. The number of ketones is 1. The Hall–Kier alpha value is -4.15. The zero-order valence-corrected chi connectivity index (χ0v) is 18.7. The quantitative estimate of drug-likeness (QED) is 0.549. The molecule has 5 rings (SSSR count). The van der Waals surface area contributed by atoms with E-state index >= 15 is 0 Å². The fourth-order valence-electron chi connectivity index (χ4n) is 3.81. The monoisotopic (exact) mass is 456 g/mol. The Morgan fingerprint density at radius 2 is 1.94 bits per heavy atom. The van der Waals surface area contributed by atoms with Crippen molar-refractivity contribution >= 4 is 29.3 Å². The van der Waals surface area contributed by atoms with Crippen molar-refractivity contribution in [1.82, 2.24) is 30.3 Å². The number of Topliss-reactive ketones (excluding diaryl/α,β-unsaturated/α-hetero) is 1. The van der Waals surface area contributed by atoms with E-state index in [1.165, 1.54) is 6.92 Å². The van der Waals surface area contributed by atoms with Crippen molar-refractivity contribution in [1.29, 1.82) is 0 Å². The Morgan fingerprint density at radius 1 is 1.09 bits per heavy atom. The average Bonchev–Trinajstić information content (AvgIpc) is 3.56. The molecule has 1 saturated heterocycles. The fraction of sp³-hybridized carbons (Fsp3) is 0.208. The number of hydrogen-bond acceptors (Lipinski definition) is 8. The first-order valence-corrected chi connectivity index (χ1v) is 11.1. The van der Waals surface area contributed by atoms with Gasteiger partial charge in [-0.3, -0.25) is 19.6 Å². The summed E-state index contributed by atoms with van der Waals surface area (Å²) in [5.41, 5.74) is 6.07. The number of hydrogen-bond donors (Lipinski definition) is 2. The number of hydrazine groups is 2. The van der Waals surface area contributed by atoms with Gasteiger partial charge in [0.15, 0.2) is 11.5 Å². The molecule has 34 heavy (non-hydrogen) atoms. The number of anilines is 1. The van der Waals surface area contributed by atoms with Crippen LogP contribution in [0.4, 0.5) is 5.69 Å². The number of aliphatic imine (C=N–C) groups is 1. The smallest absolute Gasteiger partial charge is 0.274 e. The standard InChI is InChI=1S/C24H24N8O2/c1-17(33)23-22(16-31(29-23)18-7-3-2-4-8-18)28-24(34)20-10-5-9-19(27-20)21-15-30(14-12-25-21)32-13-6-11-26-32/h2-5,7-10,12,15-16,26H,6,11,13-14H2,1H3,(H,28,34). The van der Waals surface area contributed by atoms with Crippen LogP contribution in [-0.2, 0) is 0 Å². The lowest BCUT2D eigenvalue weighted by Crippen LogP contribution is -2.45. The van der Waals surface area contributed by atoms with Crippen molar-refractivity contribution in [2.45, 2.75) is 13.3 Å². The molecule has 0 saturated carbocycles. The van der Waals surface area contributed by atoms with Crippen LogP contribution in [-0.4, -0.2) is 62.4 Å². The largest absolute Gasteiger partial charge is 0.317 e. The van der Waals surface area contributed by atoms with Crippen LogP contribution in [0.15, 0.2) is 65.9 Å². The molecule has 172 valence electrons. The van der Waals surface area contributed by atoms with Crippen LogP contribution >= 0.6 is 0 Å².